The van der Waals surface area contributed by atoms with E-state index < -0.39 is 0 Å². The highest BCUT2D eigenvalue weighted by Gasteiger charge is 2.46. The van der Waals surface area contributed by atoms with Gasteiger partial charge in [0.25, 0.3) is 0 Å². The monoisotopic (exact) mass is 230 g/mol. The second kappa shape index (κ2) is 5.55. The molecule has 0 aromatic rings. The highest BCUT2D eigenvalue weighted by molar-refractivity contribution is 7.98. The highest BCUT2D eigenvalue weighted by Crippen LogP contribution is 2.44. The summed E-state index contributed by atoms with van der Waals surface area (Å²) in [6.45, 7) is 5.41. The Labute approximate surface area is 99.0 Å². The molecule has 0 aliphatic heterocycles. The summed E-state index contributed by atoms with van der Waals surface area (Å²) >= 11 is 1.92. The van der Waals surface area contributed by atoms with Crippen molar-refractivity contribution in [1.29, 1.82) is 0 Å². The number of nitrogens with zero attached hydrogens (tertiary/aromatic N) is 1. The van der Waals surface area contributed by atoms with Gasteiger partial charge in [0.05, 0.1) is 0 Å². The summed E-state index contributed by atoms with van der Waals surface area (Å²) in [5, 5.41) is 0. The van der Waals surface area contributed by atoms with Crippen LogP contribution < -0.4 is 5.73 Å². The minimum Gasteiger partial charge on any atom is -0.329 e. The topological polar surface area (TPSA) is 29.3 Å². The summed E-state index contributed by atoms with van der Waals surface area (Å²) in [5.74, 6) is 2.05. The highest BCUT2D eigenvalue weighted by atomic mass is 32.2. The van der Waals surface area contributed by atoms with Crippen LogP contribution in [0.1, 0.15) is 33.1 Å². The molecule has 90 valence electrons. The molecule has 0 heterocycles. The minimum atomic E-state index is 0.273. The molecule has 1 saturated carbocycles. The maximum atomic E-state index is 6.05. The number of likely N-dealkylation sites (N-methyl/N-ethyl adjacent to an activating group) is 1. The third-order valence-corrected chi connectivity index (χ3v) is 4.89. The van der Waals surface area contributed by atoms with Crippen LogP contribution in [0.15, 0.2) is 0 Å². The van der Waals surface area contributed by atoms with E-state index in [9.17, 15) is 0 Å². The first-order valence-electron chi connectivity index (χ1n) is 6.04. The lowest BCUT2D eigenvalue weighted by atomic mass is 9.87. The largest absolute Gasteiger partial charge is 0.329 e. The number of hydrogen-bond donors (Lipinski definition) is 1. The number of thioether (sulfide) groups is 1. The first-order valence-corrected chi connectivity index (χ1v) is 7.43. The van der Waals surface area contributed by atoms with Crippen molar-refractivity contribution in [2.75, 3.05) is 25.6 Å². The van der Waals surface area contributed by atoms with Crippen molar-refractivity contribution in [2.24, 2.45) is 11.7 Å². The van der Waals surface area contributed by atoms with Gasteiger partial charge in [0.1, 0.15) is 0 Å². The molecule has 1 aliphatic rings. The van der Waals surface area contributed by atoms with Gasteiger partial charge >= 0.3 is 0 Å². The molecule has 1 aliphatic carbocycles. The molecule has 0 spiro atoms. The molecular formula is C12H26N2S. The fraction of sp³-hybridized carbons (Fsp3) is 1.00. The average Bonchev–Trinajstić information content (AvgIpc) is 3.05. The lowest BCUT2D eigenvalue weighted by molar-refractivity contribution is 0.0688. The van der Waals surface area contributed by atoms with Crippen LogP contribution in [0.2, 0.25) is 0 Å². The zero-order valence-corrected chi connectivity index (χ0v) is 11.4. The molecule has 0 bridgehead atoms. The molecular weight excluding hydrogens is 204 g/mol. The Balaban J connectivity index is 2.69. The SMILES string of the molecule is CCC(CN)(C1CC1)N(C)C(C)CSC. The van der Waals surface area contributed by atoms with Gasteiger partial charge in [0, 0.05) is 23.9 Å². The summed E-state index contributed by atoms with van der Waals surface area (Å²) in [7, 11) is 2.26. The van der Waals surface area contributed by atoms with Gasteiger partial charge in [0.15, 0.2) is 0 Å². The number of hydrogen-bond acceptors (Lipinski definition) is 3. The normalized spacial score (nSPS) is 22.8. The van der Waals surface area contributed by atoms with Crippen LogP contribution in [0, 0.1) is 5.92 Å². The molecule has 1 rings (SSSR count). The molecule has 0 aromatic carbocycles. The maximum Gasteiger partial charge on any atom is 0.0357 e. The van der Waals surface area contributed by atoms with Crippen LogP contribution >= 0.6 is 11.8 Å². The van der Waals surface area contributed by atoms with Crippen molar-refractivity contribution in [2.45, 2.75) is 44.7 Å². The number of rotatable bonds is 7. The molecule has 3 heteroatoms. The molecule has 0 radical (unpaired) electrons. The van der Waals surface area contributed by atoms with Gasteiger partial charge in [-0.05, 0) is 45.4 Å². The quantitative estimate of drug-likeness (QED) is 0.727. The van der Waals surface area contributed by atoms with Crippen molar-refractivity contribution in [1.82, 2.24) is 4.90 Å². The maximum absolute atomic E-state index is 6.05. The Bertz CT molecular complexity index is 188. The Hall–Kier alpha value is 0.270. The smallest absolute Gasteiger partial charge is 0.0357 e. The summed E-state index contributed by atoms with van der Waals surface area (Å²) in [4.78, 5) is 2.54. The molecule has 2 unspecified atom stereocenters. The predicted molar refractivity (Wildman–Crippen MR) is 70.4 cm³/mol. The predicted octanol–water partition coefficient (Wildman–Crippen LogP) is 2.19. The number of nitrogens with two attached hydrogens (primary N) is 1. The lowest BCUT2D eigenvalue weighted by Gasteiger charge is -2.44. The Morgan fingerprint density at radius 2 is 2.13 bits per heavy atom. The molecule has 2 N–H and O–H groups in total. The zero-order chi connectivity index (χ0) is 11.5. The van der Waals surface area contributed by atoms with Gasteiger partial charge < -0.3 is 5.73 Å². The van der Waals surface area contributed by atoms with Crippen molar-refractivity contribution >= 4 is 11.8 Å². The molecule has 2 nitrogen and oxygen atoms in total. The van der Waals surface area contributed by atoms with Crippen LogP contribution in [0.25, 0.3) is 0 Å². The molecule has 15 heavy (non-hydrogen) atoms. The standard InChI is InChI=1S/C12H26N2S/c1-5-12(9-13,11-6-7-11)14(3)10(2)8-15-4/h10-11H,5-9,13H2,1-4H3. The van der Waals surface area contributed by atoms with E-state index in [-0.39, 0.29) is 5.54 Å². The van der Waals surface area contributed by atoms with Gasteiger partial charge in [0.2, 0.25) is 0 Å². The third-order valence-electron chi connectivity index (χ3n) is 4.07. The van der Waals surface area contributed by atoms with E-state index in [1.807, 2.05) is 11.8 Å². The summed E-state index contributed by atoms with van der Waals surface area (Å²) in [6.07, 6.45) is 6.11. The van der Waals surface area contributed by atoms with Crippen molar-refractivity contribution in [3.8, 4) is 0 Å². The van der Waals surface area contributed by atoms with Gasteiger partial charge in [-0.25, -0.2) is 0 Å². The summed E-state index contributed by atoms with van der Waals surface area (Å²) in [5.41, 5.74) is 6.32. The minimum absolute atomic E-state index is 0.273. The molecule has 0 amide bonds. The molecule has 2 atom stereocenters. The Morgan fingerprint density at radius 3 is 2.47 bits per heavy atom. The van der Waals surface area contributed by atoms with E-state index in [2.05, 4.69) is 32.1 Å². The fourth-order valence-electron chi connectivity index (χ4n) is 2.69. The summed E-state index contributed by atoms with van der Waals surface area (Å²) < 4.78 is 0. The average molecular weight is 230 g/mol. The van der Waals surface area contributed by atoms with E-state index in [0.29, 0.717) is 6.04 Å². The lowest BCUT2D eigenvalue weighted by Crippen LogP contribution is -2.57. The Morgan fingerprint density at radius 1 is 1.53 bits per heavy atom. The molecule has 0 saturated heterocycles. The second-order valence-corrected chi connectivity index (χ2v) is 5.76. The van der Waals surface area contributed by atoms with Crippen LogP contribution in [0.3, 0.4) is 0 Å². The van der Waals surface area contributed by atoms with Gasteiger partial charge in [-0.2, -0.15) is 11.8 Å². The summed E-state index contributed by atoms with van der Waals surface area (Å²) in [6, 6.07) is 0.629. The van der Waals surface area contributed by atoms with Crippen molar-refractivity contribution < 1.29 is 0 Å². The van der Waals surface area contributed by atoms with Crippen LogP contribution in [-0.2, 0) is 0 Å². The van der Waals surface area contributed by atoms with Gasteiger partial charge in [-0.3, -0.25) is 4.90 Å². The van der Waals surface area contributed by atoms with Crippen LogP contribution in [-0.4, -0.2) is 42.1 Å². The Kier molecular flexibility index (Phi) is 4.94. The fourth-order valence-corrected chi connectivity index (χ4v) is 3.40. The first-order chi connectivity index (χ1) is 7.12. The van der Waals surface area contributed by atoms with Crippen molar-refractivity contribution in [3.05, 3.63) is 0 Å². The van der Waals surface area contributed by atoms with Crippen LogP contribution in [0.4, 0.5) is 0 Å². The van der Waals surface area contributed by atoms with E-state index in [1.165, 1.54) is 25.0 Å². The van der Waals surface area contributed by atoms with Crippen molar-refractivity contribution in [3.63, 3.8) is 0 Å². The van der Waals surface area contributed by atoms with Gasteiger partial charge in [-0.15, -0.1) is 0 Å². The third kappa shape index (κ3) is 2.69. The molecule has 0 aromatic heterocycles. The van der Waals surface area contributed by atoms with E-state index in [1.54, 1.807) is 0 Å². The van der Waals surface area contributed by atoms with Crippen LogP contribution in [0.5, 0.6) is 0 Å². The molecule has 1 fully saturated rings. The zero-order valence-electron chi connectivity index (χ0n) is 10.6. The van der Waals surface area contributed by atoms with Gasteiger partial charge in [-0.1, -0.05) is 6.92 Å². The first kappa shape index (κ1) is 13.3. The van der Waals surface area contributed by atoms with E-state index in [0.717, 1.165) is 12.5 Å². The van der Waals surface area contributed by atoms with E-state index in [4.69, 9.17) is 5.73 Å². The van der Waals surface area contributed by atoms with E-state index >= 15 is 0 Å². The second-order valence-electron chi connectivity index (χ2n) is 4.85.